The van der Waals surface area contributed by atoms with E-state index in [0.29, 0.717) is 23.4 Å². The van der Waals surface area contributed by atoms with Gasteiger partial charge in [-0.2, -0.15) is 0 Å². The Balaban J connectivity index is 1.81. The molecule has 0 atom stereocenters. The number of aryl methyl sites for hydroxylation is 2. The van der Waals surface area contributed by atoms with Crippen molar-refractivity contribution >= 4 is 21.6 Å². The van der Waals surface area contributed by atoms with Gasteiger partial charge in [0.1, 0.15) is 0 Å². The third-order valence-corrected chi connectivity index (χ3v) is 6.96. The van der Waals surface area contributed by atoms with Crippen LogP contribution in [0.4, 0.5) is 5.69 Å². The van der Waals surface area contributed by atoms with E-state index < -0.39 is 10.0 Å². The maximum Gasteiger partial charge on any atom is 0.262 e. The highest BCUT2D eigenvalue weighted by atomic mass is 32.2. The average molecular weight is 413 g/mol. The number of allylic oxidation sites excluding steroid dienone is 1. The number of hydrogen-bond donors (Lipinski definition) is 2. The molecule has 2 aromatic rings. The number of anilines is 1. The van der Waals surface area contributed by atoms with Crippen molar-refractivity contribution in [2.75, 3.05) is 11.3 Å². The molecule has 0 unspecified atom stereocenters. The largest absolute Gasteiger partial charge is 0.348 e. The fourth-order valence-corrected chi connectivity index (χ4v) is 4.85. The van der Waals surface area contributed by atoms with Crippen LogP contribution < -0.4 is 10.0 Å². The maximum atomic E-state index is 13.0. The molecule has 0 spiro atoms. The van der Waals surface area contributed by atoms with Crippen LogP contribution in [0.2, 0.25) is 0 Å². The summed E-state index contributed by atoms with van der Waals surface area (Å²) in [4.78, 5) is 12.7. The van der Waals surface area contributed by atoms with Gasteiger partial charge >= 0.3 is 0 Å². The first-order valence-electron chi connectivity index (χ1n) is 9.94. The smallest absolute Gasteiger partial charge is 0.262 e. The van der Waals surface area contributed by atoms with E-state index in [9.17, 15) is 13.2 Å². The van der Waals surface area contributed by atoms with Crippen molar-refractivity contribution in [3.05, 3.63) is 70.3 Å². The molecule has 0 radical (unpaired) electrons. The Morgan fingerprint density at radius 3 is 2.55 bits per heavy atom. The Kier molecular flexibility index (Phi) is 6.42. The first-order valence-corrected chi connectivity index (χ1v) is 11.4. The third kappa shape index (κ3) is 5.07. The molecule has 0 bridgehead atoms. The molecule has 0 aromatic heterocycles. The van der Waals surface area contributed by atoms with E-state index in [1.54, 1.807) is 25.1 Å². The molecule has 2 N–H and O–H groups in total. The summed E-state index contributed by atoms with van der Waals surface area (Å²) in [6.45, 7) is 6.05. The topological polar surface area (TPSA) is 75.3 Å². The molecule has 29 heavy (non-hydrogen) atoms. The summed E-state index contributed by atoms with van der Waals surface area (Å²) >= 11 is 0. The molecule has 0 fully saturated rings. The second kappa shape index (κ2) is 8.82. The highest BCUT2D eigenvalue weighted by Gasteiger charge is 2.20. The Hall–Kier alpha value is -2.60. The number of hydrogen-bond acceptors (Lipinski definition) is 3. The molecule has 154 valence electrons. The Labute approximate surface area is 173 Å². The SMILES string of the molecule is Cc1ccc(C(=O)NCC2=CCCCC2)cc1S(=O)(=O)Nc1cccc(C)c1C. The number of carbonyl (C=O) groups excluding carboxylic acids is 1. The summed E-state index contributed by atoms with van der Waals surface area (Å²) in [5.41, 5.74) is 4.60. The van der Waals surface area contributed by atoms with Crippen molar-refractivity contribution in [1.29, 1.82) is 0 Å². The van der Waals surface area contributed by atoms with Gasteiger partial charge in [0.2, 0.25) is 0 Å². The molecule has 0 heterocycles. The number of benzene rings is 2. The summed E-state index contributed by atoms with van der Waals surface area (Å²) in [6, 6.07) is 10.3. The molecule has 0 saturated heterocycles. The van der Waals surface area contributed by atoms with E-state index in [1.165, 1.54) is 18.1 Å². The van der Waals surface area contributed by atoms with Gasteiger partial charge in [0, 0.05) is 12.1 Å². The van der Waals surface area contributed by atoms with Gasteiger partial charge in [-0.1, -0.05) is 29.8 Å². The lowest BCUT2D eigenvalue weighted by molar-refractivity contribution is 0.0956. The maximum absolute atomic E-state index is 13.0. The second-order valence-electron chi connectivity index (χ2n) is 7.62. The lowest BCUT2D eigenvalue weighted by Crippen LogP contribution is -2.26. The molecular weight excluding hydrogens is 384 g/mol. The predicted octanol–water partition coefficient (Wildman–Crippen LogP) is 4.64. The number of amides is 1. The zero-order chi connectivity index (χ0) is 21.0. The van der Waals surface area contributed by atoms with Crippen molar-refractivity contribution in [2.45, 2.75) is 51.3 Å². The van der Waals surface area contributed by atoms with E-state index in [2.05, 4.69) is 16.1 Å². The fourth-order valence-electron chi connectivity index (χ4n) is 3.45. The van der Waals surface area contributed by atoms with E-state index >= 15 is 0 Å². The number of sulfonamides is 1. The van der Waals surface area contributed by atoms with Crippen LogP contribution in [0.15, 0.2) is 52.9 Å². The third-order valence-electron chi connectivity index (χ3n) is 5.45. The van der Waals surface area contributed by atoms with Crippen molar-refractivity contribution in [3.63, 3.8) is 0 Å². The Bertz CT molecular complexity index is 1060. The van der Waals surface area contributed by atoms with Crippen molar-refractivity contribution in [1.82, 2.24) is 5.32 Å². The van der Waals surface area contributed by atoms with Crippen molar-refractivity contribution in [2.24, 2.45) is 0 Å². The van der Waals surface area contributed by atoms with E-state index in [4.69, 9.17) is 0 Å². The van der Waals surface area contributed by atoms with Crippen molar-refractivity contribution < 1.29 is 13.2 Å². The number of carbonyl (C=O) groups is 1. The quantitative estimate of drug-likeness (QED) is 0.679. The summed E-state index contributed by atoms with van der Waals surface area (Å²) in [5, 5.41) is 2.91. The number of nitrogens with one attached hydrogen (secondary N) is 2. The van der Waals surface area contributed by atoms with Crippen LogP contribution in [0.5, 0.6) is 0 Å². The molecule has 2 aromatic carbocycles. The first kappa shape index (κ1) is 21.1. The zero-order valence-electron chi connectivity index (χ0n) is 17.2. The summed E-state index contributed by atoms with van der Waals surface area (Å²) < 4.78 is 28.7. The molecule has 1 amide bonds. The van der Waals surface area contributed by atoms with Gasteiger partial charge in [-0.05, 0) is 81.3 Å². The van der Waals surface area contributed by atoms with Crippen LogP contribution in [0.1, 0.15) is 52.7 Å². The van der Waals surface area contributed by atoms with Crippen LogP contribution >= 0.6 is 0 Å². The van der Waals surface area contributed by atoms with Crippen LogP contribution in [0.3, 0.4) is 0 Å². The van der Waals surface area contributed by atoms with Gasteiger partial charge in [-0.25, -0.2) is 8.42 Å². The monoisotopic (exact) mass is 412 g/mol. The van der Waals surface area contributed by atoms with Crippen LogP contribution in [0, 0.1) is 20.8 Å². The molecular formula is C23H28N2O3S. The van der Waals surface area contributed by atoms with E-state index in [0.717, 1.165) is 30.4 Å². The molecule has 1 aliphatic carbocycles. The van der Waals surface area contributed by atoms with Gasteiger partial charge in [0.05, 0.1) is 10.6 Å². The summed E-state index contributed by atoms with van der Waals surface area (Å²) in [5.74, 6) is -0.264. The minimum absolute atomic E-state index is 0.114. The predicted molar refractivity (Wildman–Crippen MR) is 117 cm³/mol. The standard InChI is InChI=1S/C23H28N2O3S/c1-16-8-7-11-21(18(16)3)25-29(27,28)22-14-20(13-12-17(22)2)23(26)24-15-19-9-5-4-6-10-19/h7-9,11-14,25H,4-6,10,15H2,1-3H3,(H,24,26). The molecule has 3 rings (SSSR count). The van der Waals surface area contributed by atoms with Gasteiger partial charge in [-0.15, -0.1) is 0 Å². The summed E-state index contributed by atoms with van der Waals surface area (Å²) in [7, 11) is -3.82. The summed E-state index contributed by atoms with van der Waals surface area (Å²) in [6.07, 6.45) is 6.60. The van der Waals surface area contributed by atoms with E-state index in [1.807, 2.05) is 26.0 Å². The van der Waals surface area contributed by atoms with Crippen LogP contribution in [0.25, 0.3) is 0 Å². The zero-order valence-corrected chi connectivity index (χ0v) is 18.0. The Morgan fingerprint density at radius 1 is 1.03 bits per heavy atom. The first-order chi connectivity index (χ1) is 13.8. The van der Waals surface area contributed by atoms with Crippen LogP contribution in [-0.2, 0) is 10.0 Å². The fraction of sp³-hybridized carbons (Fsp3) is 0.348. The van der Waals surface area contributed by atoms with Gasteiger partial charge in [-0.3, -0.25) is 9.52 Å². The van der Waals surface area contributed by atoms with Gasteiger partial charge in [0.15, 0.2) is 0 Å². The molecule has 1 aliphatic rings. The molecule has 0 aliphatic heterocycles. The minimum atomic E-state index is -3.82. The van der Waals surface area contributed by atoms with Gasteiger partial charge in [0.25, 0.3) is 15.9 Å². The molecule has 6 heteroatoms. The van der Waals surface area contributed by atoms with Crippen LogP contribution in [-0.4, -0.2) is 20.9 Å². The lowest BCUT2D eigenvalue weighted by atomic mass is 9.99. The van der Waals surface area contributed by atoms with Crippen molar-refractivity contribution in [3.8, 4) is 0 Å². The molecule has 5 nitrogen and oxygen atoms in total. The lowest BCUT2D eigenvalue weighted by Gasteiger charge is -2.15. The Morgan fingerprint density at radius 2 is 1.83 bits per heavy atom. The highest BCUT2D eigenvalue weighted by Crippen LogP contribution is 2.24. The average Bonchev–Trinajstić information content (AvgIpc) is 2.70. The minimum Gasteiger partial charge on any atom is -0.348 e. The van der Waals surface area contributed by atoms with E-state index in [-0.39, 0.29) is 10.8 Å². The number of rotatable bonds is 6. The second-order valence-corrected chi connectivity index (χ2v) is 9.27. The molecule has 0 saturated carbocycles. The highest BCUT2D eigenvalue weighted by molar-refractivity contribution is 7.92. The van der Waals surface area contributed by atoms with Gasteiger partial charge < -0.3 is 5.32 Å². The normalized spacial score (nSPS) is 14.2.